The van der Waals surface area contributed by atoms with Crippen LogP contribution in [-0.4, -0.2) is 22.4 Å². The van der Waals surface area contributed by atoms with Crippen LogP contribution >= 0.6 is 0 Å². The summed E-state index contributed by atoms with van der Waals surface area (Å²) in [6.07, 6.45) is 1.79. The van der Waals surface area contributed by atoms with Crippen LogP contribution in [0.15, 0.2) is 59.7 Å². The molecular weight excluding hydrogens is 236 g/mol. The molecule has 19 heavy (non-hydrogen) atoms. The first-order valence-electron chi connectivity index (χ1n) is 6.33. The number of hydrogen-bond acceptors (Lipinski definition) is 2. The summed E-state index contributed by atoms with van der Waals surface area (Å²) in [5.41, 5.74) is 7.90. The molecule has 98 valence electrons. The number of para-hydroxylation sites is 1. The summed E-state index contributed by atoms with van der Waals surface area (Å²) < 4.78 is 0. The highest BCUT2D eigenvalue weighted by molar-refractivity contribution is 5.80. The van der Waals surface area contributed by atoms with E-state index in [1.165, 1.54) is 0 Å². The molecule has 0 radical (unpaired) electrons. The van der Waals surface area contributed by atoms with E-state index in [9.17, 15) is 0 Å². The molecule has 4 nitrogen and oxygen atoms in total. The molecule has 0 unspecified atom stereocenters. The second kappa shape index (κ2) is 6.54. The minimum Gasteiger partial charge on any atom is -0.369 e. The Bertz CT molecular complexity index is 522. The van der Waals surface area contributed by atoms with Crippen LogP contribution in [0.4, 0.5) is 5.69 Å². The zero-order valence-corrected chi connectivity index (χ0v) is 11.0. The van der Waals surface area contributed by atoms with E-state index in [2.05, 4.69) is 16.9 Å². The maximum Gasteiger partial charge on any atom is 0.196 e. The highest BCUT2D eigenvalue weighted by atomic mass is 15.2. The lowest BCUT2D eigenvalue weighted by Crippen LogP contribution is -2.36. The summed E-state index contributed by atoms with van der Waals surface area (Å²) in [5, 5.41) is 0. The van der Waals surface area contributed by atoms with Crippen LogP contribution in [0.1, 0.15) is 12.6 Å². The average Bonchev–Trinajstić information content (AvgIpc) is 2.47. The van der Waals surface area contributed by atoms with Gasteiger partial charge in [0.2, 0.25) is 0 Å². The molecule has 0 aliphatic rings. The Labute approximate surface area is 113 Å². The third kappa shape index (κ3) is 3.81. The Morgan fingerprint density at radius 3 is 2.53 bits per heavy atom. The molecule has 0 saturated carbocycles. The number of hydrogen-bond donors (Lipinski definition) is 1. The van der Waals surface area contributed by atoms with Crippen molar-refractivity contribution in [3.8, 4) is 0 Å². The monoisotopic (exact) mass is 254 g/mol. The van der Waals surface area contributed by atoms with Crippen molar-refractivity contribution in [3.05, 3.63) is 60.4 Å². The van der Waals surface area contributed by atoms with Gasteiger partial charge in [0, 0.05) is 12.7 Å². The van der Waals surface area contributed by atoms with E-state index in [0.717, 1.165) is 17.9 Å². The van der Waals surface area contributed by atoms with Crippen LogP contribution in [0.25, 0.3) is 0 Å². The van der Waals surface area contributed by atoms with E-state index in [1.807, 2.05) is 53.4 Å². The van der Waals surface area contributed by atoms with Gasteiger partial charge in [0.05, 0.1) is 17.9 Å². The Morgan fingerprint density at radius 1 is 1.16 bits per heavy atom. The van der Waals surface area contributed by atoms with Gasteiger partial charge in [-0.25, -0.2) is 4.99 Å². The van der Waals surface area contributed by atoms with E-state index in [1.54, 1.807) is 6.20 Å². The first kappa shape index (κ1) is 13.1. The number of pyridine rings is 1. The van der Waals surface area contributed by atoms with Crippen molar-refractivity contribution in [1.29, 1.82) is 0 Å². The molecule has 0 spiro atoms. The summed E-state index contributed by atoms with van der Waals surface area (Å²) in [4.78, 5) is 10.7. The van der Waals surface area contributed by atoms with E-state index in [4.69, 9.17) is 5.73 Å². The number of rotatable bonds is 4. The Balaban J connectivity index is 2.11. The largest absolute Gasteiger partial charge is 0.369 e. The topological polar surface area (TPSA) is 54.5 Å². The Hall–Kier alpha value is -2.36. The zero-order chi connectivity index (χ0) is 13.5. The van der Waals surface area contributed by atoms with Crippen molar-refractivity contribution in [1.82, 2.24) is 9.88 Å². The van der Waals surface area contributed by atoms with E-state index >= 15 is 0 Å². The van der Waals surface area contributed by atoms with Crippen LogP contribution in [0, 0.1) is 0 Å². The van der Waals surface area contributed by atoms with Crippen molar-refractivity contribution in [2.75, 3.05) is 6.54 Å². The molecule has 2 rings (SSSR count). The fourth-order valence-corrected chi connectivity index (χ4v) is 1.75. The van der Waals surface area contributed by atoms with E-state index in [0.29, 0.717) is 12.5 Å². The van der Waals surface area contributed by atoms with Crippen molar-refractivity contribution in [3.63, 3.8) is 0 Å². The van der Waals surface area contributed by atoms with Gasteiger partial charge in [-0.1, -0.05) is 24.3 Å². The summed E-state index contributed by atoms with van der Waals surface area (Å²) in [5.74, 6) is 0.513. The summed E-state index contributed by atoms with van der Waals surface area (Å²) in [6.45, 7) is 3.51. The second-order valence-electron chi connectivity index (χ2n) is 4.14. The summed E-state index contributed by atoms with van der Waals surface area (Å²) in [6, 6.07) is 15.6. The molecule has 4 heteroatoms. The number of aromatic nitrogens is 1. The molecule has 2 aromatic rings. The molecule has 1 aromatic carbocycles. The SMILES string of the molecule is CCN(Cc1ccccn1)C(N)=Nc1ccccc1. The smallest absolute Gasteiger partial charge is 0.196 e. The van der Waals surface area contributed by atoms with Gasteiger partial charge in [-0.3, -0.25) is 4.98 Å². The molecule has 2 N–H and O–H groups in total. The molecular formula is C15H18N4. The minimum absolute atomic E-state index is 0.513. The molecule has 0 aliphatic carbocycles. The maximum absolute atomic E-state index is 6.06. The predicted molar refractivity (Wildman–Crippen MR) is 78.0 cm³/mol. The fraction of sp³-hybridized carbons (Fsp3) is 0.200. The van der Waals surface area contributed by atoms with Gasteiger partial charge < -0.3 is 10.6 Å². The molecule has 0 aliphatic heterocycles. The normalized spacial score (nSPS) is 11.3. The Kier molecular flexibility index (Phi) is 4.50. The van der Waals surface area contributed by atoms with E-state index in [-0.39, 0.29) is 0 Å². The van der Waals surface area contributed by atoms with Gasteiger partial charge in [-0.2, -0.15) is 0 Å². The van der Waals surface area contributed by atoms with Gasteiger partial charge in [-0.05, 0) is 31.2 Å². The lowest BCUT2D eigenvalue weighted by atomic mass is 10.3. The standard InChI is InChI=1S/C15H18N4/c1-2-19(12-14-10-6-7-11-17-14)15(16)18-13-8-4-3-5-9-13/h3-11H,2,12H2,1H3,(H2,16,18). The summed E-state index contributed by atoms with van der Waals surface area (Å²) >= 11 is 0. The molecule has 0 fully saturated rings. The first-order valence-corrected chi connectivity index (χ1v) is 6.33. The second-order valence-corrected chi connectivity index (χ2v) is 4.14. The van der Waals surface area contributed by atoms with Crippen molar-refractivity contribution < 1.29 is 0 Å². The number of benzene rings is 1. The number of nitrogens with two attached hydrogens (primary N) is 1. The first-order chi connectivity index (χ1) is 9.29. The highest BCUT2D eigenvalue weighted by Crippen LogP contribution is 2.11. The third-order valence-electron chi connectivity index (χ3n) is 2.78. The lowest BCUT2D eigenvalue weighted by molar-refractivity contribution is 0.425. The highest BCUT2D eigenvalue weighted by Gasteiger charge is 2.07. The Morgan fingerprint density at radius 2 is 1.89 bits per heavy atom. The average molecular weight is 254 g/mol. The zero-order valence-electron chi connectivity index (χ0n) is 11.0. The van der Waals surface area contributed by atoms with Gasteiger partial charge in [-0.15, -0.1) is 0 Å². The maximum atomic E-state index is 6.06. The van der Waals surface area contributed by atoms with Crippen LogP contribution < -0.4 is 5.73 Å². The lowest BCUT2D eigenvalue weighted by Gasteiger charge is -2.21. The molecule has 0 atom stereocenters. The van der Waals surface area contributed by atoms with Crippen LogP contribution in [0.3, 0.4) is 0 Å². The van der Waals surface area contributed by atoms with Crippen LogP contribution in [-0.2, 0) is 6.54 Å². The predicted octanol–water partition coefficient (Wildman–Crippen LogP) is 2.55. The molecule has 1 aromatic heterocycles. The third-order valence-corrected chi connectivity index (χ3v) is 2.78. The van der Waals surface area contributed by atoms with Crippen molar-refractivity contribution in [2.45, 2.75) is 13.5 Å². The number of nitrogens with zero attached hydrogens (tertiary/aromatic N) is 3. The molecule has 1 heterocycles. The molecule has 0 amide bonds. The molecule has 0 saturated heterocycles. The number of guanidine groups is 1. The quantitative estimate of drug-likeness (QED) is 0.674. The van der Waals surface area contributed by atoms with Crippen molar-refractivity contribution >= 4 is 11.6 Å². The van der Waals surface area contributed by atoms with E-state index < -0.39 is 0 Å². The van der Waals surface area contributed by atoms with Crippen molar-refractivity contribution in [2.24, 2.45) is 10.7 Å². The minimum atomic E-state index is 0.513. The van der Waals surface area contributed by atoms with Gasteiger partial charge in [0.1, 0.15) is 0 Å². The van der Waals surface area contributed by atoms with Crippen LogP contribution in [0.2, 0.25) is 0 Å². The van der Waals surface area contributed by atoms with Crippen LogP contribution in [0.5, 0.6) is 0 Å². The van der Waals surface area contributed by atoms with Gasteiger partial charge >= 0.3 is 0 Å². The molecule has 0 bridgehead atoms. The van der Waals surface area contributed by atoms with Gasteiger partial charge in [0.15, 0.2) is 5.96 Å². The number of aliphatic imine (C=N–C) groups is 1. The van der Waals surface area contributed by atoms with Gasteiger partial charge in [0.25, 0.3) is 0 Å². The summed E-state index contributed by atoms with van der Waals surface area (Å²) in [7, 11) is 0. The fourth-order valence-electron chi connectivity index (χ4n) is 1.75.